The van der Waals surface area contributed by atoms with Crippen molar-refractivity contribution in [3.05, 3.63) is 48.0 Å². The molecule has 0 aliphatic carbocycles. The first kappa shape index (κ1) is 10.8. The van der Waals surface area contributed by atoms with Crippen molar-refractivity contribution in [2.45, 2.75) is 13.1 Å². The number of nitrogens with zero attached hydrogens (tertiary/aromatic N) is 3. The van der Waals surface area contributed by atoms with Gasteiger partial charge < -0.3 is 5.32 Å². The summed E-state index contributed by atoms with van der Waals surface area (Å²) in [5.74, 6) is -0.171. The van der Waals surface area contributed by atoms with E-state index in [2.05, 4.69) is 15.6 Å². The highest BCUT2D eigenvalue weighted by Crippen LogP contribution is 2.04. The summed E-state index contributed by atoms with van der Waals surface area (Å²) in [5.41, 5.74) is 0.682. The standard InChI is InChI=1S/C11H13FN4/c12-11-4-2-1-3-10(11)9-13-5-7-16-8-6-14-15-16/h1-4,6,8,13H,5,7,9H2. The molecule has 0 amide bonds. The molecule has 0 aliphatic heterocycles. The van der Waals surface area contributed by atoms with E-state index in [1.165, 1.54) is 6.07 Å². The molecule has 84 valence electrons. The van der Waals surface area contributed by atoms with Gasteiger partial charge in [-0.05, 0) is 6.07 Å². The maximum absolute atomic E-state index is 13.2. The summed E-state index contributed by atoms with van der Waals surface area (Å²) in [7, 11) is 0. The highest BCUT2D eigenvalue weighted by atomic mass is 19.1. The summed E-state index contributed by atoms with van der Waals surface area (Å²) < 4.78 is 15.0. The van der Waals surface area contributed by atoms with Gasteiger partial charge in [-0.25, -0.2) is 4.39 Å². The van der Waals surface area contributed by atoms with Crippen LogP contribution in [-0.2, 0) is 13.1 Å². The minimum absolute atomic E-state index is 0.171. The number of halogens is 1. The van der Waals surface area contributed by atoms with E-state index in [1.54, 1.807) is 29.2 Å². The molecule has 5 heteroatoms. The molecule has 0 saturated heterocycles. The van der Waals surface area contributed by atoms with Crippen LogP contribution in [0.25, 0.3) is 0 Å². The van der Waals surface area contributed by atoms with E-state index >= 15 is 0 Å². The van der Waals surface area contributed by atoms with Gasteiger partial charge in [-0.3, -0.25) is 4.68 Å². The average Bonchev–Trinajstić information content (AvgIpc) is 2.79. The van der Waals surface area contributed by atoms with Gasteiger partial charge in [-0.15, -0.1) is 5.10 Å². The van der Waals surface area contributed by atoms with Gasteiger partial charge in [0.15, 0.2) is 0 Å². The van der Waals surface area contributed by atoms with E-state index in [0.717, 1.165) is 13.1 Å². The molecule has 0 spiro atoms. The zero-order valence-electron chi connectivity index (χ0n) is 8.81. The van der Waals surface area contributed by atoms with Crippen LogP contribution < -0.4 is 5.32 Å². The minimum Gasteiger partial charge on any atom is -0.311 e. The molecule has 0 atom stereocenters. The van der Waals surface area contributed by atoms with Crippen LogP contribution in [0.5, 0.6) is 0 Å². The first-order chi connectivity index (χ1) is 7.86. The van der Waals surface area contributed by atoms with E-state index < -0.39 is 0 Å². The first-order valence-corrected chi connectivity index (χ1v) is 5.14. The Labute approximate surface area is 93.1 Å². The Kier molecular flexibility index (Phi) is 3.61. The van der Waals surface area contributed by atoms with E-state index in [4.69, 9.17) is 0 Å². The molecule has 1 aromatic carbocycles. The van der Waals surface area contributed by atoms with Gasteiger partial charge in [0.2, 0.25) is 0 Å². The van der Waals surface area contributed by atoms with Crippen LogP contribution in [0.2, 0.25) is 0 Å². The summed E-state index contributed by atoms with van der Waals surface area (Å²) >= 11 is 0. The highest BCUT2D eigenvalue weighted by Gasteiger charge is 1.99. The van der Waals surface area contributed by atoms with E-state index in [-0.39, 0.29) is 5.82 Å². The van der Waals surface area contributed by atoms with Crippen LogP contribution in [-0.4, -0.2) is 21.5 Å². The molecule has 0 aliphatic rings. The summed E-state index contributed by atoms with van der Waals surface area (Å²) in [4.78, 5) is 0. The van der Waals surface area contributed by atoms with Crippen molar-refractivity contribution in [3.8, 4) is 0 Å². The van der Waals surface area contributed by atoms with Gasteiger partial charge in [0.1, 0.15) is 5.82 Å². The molecule has 2 rings (SSSR count). The maximum Gasteiger partial charge on any atom is 0.127 e. The summed E-state index contributed by atoms with van der Waals surface area (Å²) in [6, 6.07) is 6.76. The fourth-order valence-electron chi connectivity index (χ4n) is 1.41. The van der Waals surface area contributed by atoms with Gasteiger partial charge in [-0.2, -0.15) is 0 Å². The predicted octanol–water partition coefficient (Wildman–Crippen LogP) is 1.21. The summed E-state index contributed by atoms with van der Waals surface area (Å²) in [6.45, 7) is 1.99. The number of nitrogens with one attached hydrogen (secondary N) is 1. The Hall–Kier alpha value is -1.75. The third kappa shape index (κ3) is 2.87. The molecule has 2 aromatic rings. The largest absolute Gasteiger partial charge is 0.311 e. The molecular weight excluding hydrogens is 207 g/mol. The fourth-order valence-corrected chi connectivity index (χ4v) is 1.41. The lowest BCUT2D eigenvalue weighted by Crippen LogP contribution is -2.20. The van der Waals surface area contributed by atoms with Crippen LogP contribution >= 0.6 is 0 Å². The van der Waals surface area contributed by atoms with E-state index in [9.17, 15) is 4.39 Å². The molecule has 0 saturated carbocycles. The van der Waals surface area contributed by atoms with Gasteiger partial charge in [0.05, 0.1) is 12.7 Å². The van der Waals surface area contributed by atoms with E-state index in [1.807, 2.05) is 6.07 Å². The molecule has 0 fully saturated rings. The van der Waals surface area contributed by atoms with Crippen LogP contribution in [0.1, 0.15) is 5.56 Å². The molecule has 16 heavy (non-hydrogen) atoms. The monoisotopic (exact) mass is 220 g/mol. The number of hydrogen-bond acceptors (Lipinski definition) is 3. The first-order valence-electron chi connectivity index (χ1n) is 5.14. The van der Waals surface area contributed by atoms with Crippen LogP contribution in [0, 0.1) is 5.82 Å². The van der Waals surface area contributed by atoms with Crippen molar-refractivity contribution in [1.82, 2.24) is 20.3 Å². The van der Waals surface area contributed by atoms with Crippen LogP contribution in [0.15, 0.2) is 36.7 Å². The van der Waals surface area contributed by atoms with Crippen LogP contribution in [0.3, 0.4) is 0 Å². The zero-order valence-corrected chi connectivity index (χ0v) is 8.81. The summed E-state index contributed by atoms with van der Waals surface area (Å²) in [5, 5.41) is 10.7. The van der Waals surface area contributed by atoms with E-state index in [0.29, 0.717) is 12.1 Å². The smallest absolute Gasteiger partial charge is 0.127 e. The number of aromatic nitrogens is 3. The second-order valence-corrected chi connectivity index (χ2v) is 3.43. The maximum atomic E-state index is 13.2. The van der Waals surface area contributed by atoms with Crippen molar-refractivity contribution >= 4 is 0 Å². The number of benzene rings is 1. The molecular formula is C11H13FN4. The average molecular weight is 220 g/mol. The second-order valence-electron chi connectivity index (χ2n) is 3.43. The molecule has 1 heterocycles. The number of hydrogen-bond donors (Lipinski definition) is 1. The SMILES string of the molecule is Fc1ccccc1CNCCn1ccnn1. The quantitative estimate of drug-likeness (QED) is 0.770. The normalized spacial score (nSPS) is 10.6. The Bertz CT molecular complexity index is 427. The van der Waals surface area contributed by atoms with Crippen LogP contribution in [0.4, 0.5) is 4.39 Å². The Morgan fingerprint density at radius 1 is 1.31 bits per heavy atom. The van der Waals surface area contributed by atoms with Gasteiger partial charge in [0, 0.05) is 24.8 Å². The van der Waals surface area contributed by atoms with Crippen molar-refractivity contribution < 1.29 is 4.39 Å². The lowest BCUT2D eigenvalue weighted by Gasteiger charge is -2.05. The Morgan fingerprint density at radius 3 is 2.94 bits per heavy atom. The third-order valence-electron chi connectivity index (χ3n) is 2.26. The van der Waals surface area contributed by atoms with Crippen molar-refractivity contribution in [3.63, 3.8) is 0 Å². The van der Waals surface area contributed by atoms with Crippen molar-refractivity contribution in [2.75, 3.05) is 6.54 Å². The fraction of sp³-hybridized carbons (Fsp3) is 0.273. The topological polar surface area (TPSA) is 42.7 Å². The van der Waals surface area contributed by atoms with Crippen molar-refractivity contribution in [1.29, 1.82) is 0 Å². The molecule has 0 unspecified atom stereocenters. The lowest BCUT2D eigenvalue weighted by atomic mass is 10.2. The molecule has 0 radical (unpaired) electrons. The molecule has 1 aromatic heterocycles. The van der Waals surface area contributed by atoms with Gasteiger partial charge in [0.25, 0.3) is 0 Å². The van der Waals surface area contributed by atoms with Gasteiger partial charge in [-0.1, -0.05) is 23.4 Å². The van der Waals surface area contributed by atoms with Gasteiger partial charge >= 0.3 is 0 Å². The second kappa shape index (κ2) is 5.37. The Morgan fingerprint density at radius 2 is 2.19 bits per heavy atom. The molecule has 0 bridgehead atoms. The molecule has 1 N–H and O–H groups in total. The number of rotatable bonds is 5. The zero-order chi connectivity index (χ0) is 11.2. The Balaban J connectivity index is 1.74. The highest BCUT2D eigenvalue weighted by molar-refractivity contribution is 5.16. The lowest BCUT2D eigenvalue weighted by molar-refractivity contribution is 0.529. The predicted molar refractivity (Wildman–Crippen MR) is 58.1 cm³/mol. The van der Waals surface area contributed by atoms with Crippen molar-refractivity contribution in [2.24, 2.45) is 0 Å². The minimum atomic E-state index is -0.171. The molecule has 4 nitrogen and oxygen atoms in total. The summed E-state index contributed by atoms with van der Waals surface area (Å²) in [6.07, 6.45) is 3.43. The third-order valence-corrected chi connectivity index (χ3v) is 2.26.